The van der Waals surface area contributed by atoms with Crippen molar-refractivity contribution in [3.63, 3.8) is 0 Å². The summed E-state index contributed by atoms with van der Waals surface area (Å²) in [5, 5.41) is 1.56. The number of methoxy groups -OCH3 is 1. The second kappa shape index (κ2) is 10.1. The minimum Gasteiger partial charge on any atom is -0.365 e. The molecule has 0 bridgehead atoms. The van der Waals surface area contributed by atoms with Crippen LogP contribution in [-0.2, 0) is 14.9 Å². The normalized spacial score (nSPS) is 13.2. The van der Waals surface area contributed by atoms with Gasteiger partial charge in [0.25, 0.3) is 0 Å². The lowest BCUT2D eigenvalue weighted by Gasteiger charge is -2.33. The van der Waals surface area contributed by atoms with Gasteiger partial charge in [-0.05, 0) is 12.0 Å². The maximum absolute atomic E-state index is 14.6. The van der Waals surface area contributed by atoms with Crippen molar-refractivity contribution < 1.29 is 14.1 Å². The van der Waals surface area contributed by atoms with E-state index in [1.807, 2.05) is 109 Å². The summed E-state index contributed by atoms with van der Waals surface area (Å²) in [5.41, 5.74) is 0.0773. The highest BCUT2D eigenvalue weighted by molar-refractivity contribution is 7.78. The minimum absolute atomic E-state index is 0.135. The third-order valence-corrected chi connectivity index (χ3v) is 9.23. The van der Waals surface area contributed by atoms with Crippen molar-refractivity contribution in [2.45, 2.75) is 12.0 Å². The quantitative estimate of drug-likeness (QED) is 0.237. The van der Waals surface area contributed by atoms with Crippen molar-refractivity contribution in [3.05, 3.63) is 132 Å². The van der Waals surface area contributed by atoms with Crippen LogP contribution >= 0.6 is 7.14 Å². The Hall–Kier alpha value is -3.26. The molecule has 4 rings (SSSR count). The van der Waals surface area contributed by atoms with Crippen LogP contribution in [0.1, 0.15) is 22.3 Å². The summed E-state index contributed by atoms with van der Waals surface area (Å²) in [7, 11) is -1.46. The molecule has 0 heterocycles. The van der Waals surface area contributed by atoms with E-state index in [4.69, 9.17) is 4.74 Å². The fourth-order valence-electron chi connectivity index (χ4n) is 4.29. The Labute approximate surface area is 195 Å². The SMILES string of the molecule is COC(CCP(=O)(c1ccccc1)c1ccccc1)(C(=O)c1ccccc1)c1ccccc1. The second-order valence-corrected chi connectivity index (χ2v) is 10.9. The molecule has 0 aliphatic rings. The first kappa shape index (κ1) is 22.9. The van der Waals surface area contributed by atoms with Gasteiger partial charge >= 0.3 is 0 Å². The van der Waals surface area contributed by atoms with Crippen LogP contribution in [0, 0.1) is 0 Å². The van der Waals surface area contributed by atoms with Crippen LogP contribution in [0.2, 0.25) is 0 Å². The average Bonchev–Trinajstić information content (AvgIpc) is 2.91. The fraction of sp³-hybridized carbons (Fsp3) is 0.138. The van der Waals surface area contributed by atoms with Crippen molar-refractivity contribution in [2.75, 3.05) is 13.3 Å². The van der Waals surface area contributed by atoms with Crippen molar-refractivity contribution in [2.24, 2.45) is 0 Å². The van der Waals surface area contributed by atoms with E-state index >= 15 is 0 Å². The molecule has 0 aliphatic heterocycles. The highest BCUT2D eigenvalue weighted by Gasteiger charge is 2.43. The lowest BCUT2D eigenvalue weighted by molar-refractivity contribution is -0.00298. The highest BCUT2D eigenvalue weighted by atomic mass is 31.2. The Bertz CT molecular complexity index is 1180. The van der Waals surface area contributed by atoms with Gasteiger partial charge in [-0.25, -0.2) is 0 Å². The summed E-state index contributed by atoms with van der Waals surface area (Å²) in [5.74, 6) is -0.135. The van der Waals surface area contributed by atoms with Crippen LogP contribution < -0.4 is 10.6 Å². The molecule has 4 aromatic carbocycles. The summed E-state index contributed by atoms with van der Waals surface area (Å²) < 4.78 is 20.6. The van der Waals surface area contributed by atoms with Crippen LogP contribution in [0.4, 0.5) is 0 Å². The van der Waals surface area contributed by atoms with Crippen LogP contribution in [-0.4, -0.2) is 19.1 Å². The summed E-state index contributed by atoms with van der Waals surface area (Å²) in [6.45, 7) is 0. The van der Waals surface area contributed by atoms with E-state index in [0.717, 1.165) is 16.2 Å². The van der Waals surface area contributed by atoms with Crippen molar-refractivity contribution >= 4 is 23.5 Å². The molecular weight excluding hydrogens is 427 g/mol. The number of hydrogen-bond acceptors (Lipinski definition) is 3. The molecule has 0 spiro atoms. The van der Waals surface area contributed by atoms with E-state index in [-0.39, 0.29) is 12.2 Å². The van der Waals surface area contributed by atoms with Gasteiger partial charge in [0, 0.05) is 29.4 Å². The predicted octanol–water partition coefficient (Wildman–Crippen LogP) is 5.82. The van der Waals surface area contributed by atoms with E-state index < -0.39 is 12.7 Å². The summed E-state index contributed by atoms with van der Waals surface area (Å²) in [6, 6.07) is 37.8. The molecule has 0 aliphatic carbocycles. The third-order valence-electron chi connectivity index (χ3n) is 6.12. The lowest BCUT2D eigenvalue weighted by atomic mass is 9.83. The van der Waals surface area contributed by atoms with E-state index in [9.17, 15) is 9.36 Å². The molecule has 166 valence electrons. The van der Waals surface area contributed by atoms with Crippen LogP contribution in [0.25, 0.3) is 0 Å². The van der Waals surface area contributed by atoms with Gasteiger partial charge in [-0.1, -0.05) is 121 Å². The first-order chi connectivity index (χ1) is 16.1. The van der Waals surface area contributed by atoms with E-state index in [0.29, 0.717) is 11.7 Å². The number of carbonyl (C=O) groups excluding carboxylic acids is 1. The smallest absolute Gasteiger partial charge is 0.199 e. The molecule has 33 heavy (non-hydrogen) atoms. The average molecular weight is 455 g/mol. The first-order valence-electron chi connectivity index (χ1n) is 11.0. The third kappa shape index (κ3) is 4.61. The number of hydrogen-bond donors (Lipinski definition) is 0. The number of ketones is 1. The molecule has 0 amide bonds. The van der Waals surface area contributed by atoms with E-state index in [1.54, 1.807) is 19.2 Å². The maximum Gasteiger partial charge on any atom is 0.199 e. The molecule has 0 saturated carbocycles. The molecule has 1 unspecified atom stereocenters. The molecule has 4 aromatic rings. The Morgan fingerprint density at radius 3 is 1.58 bits per heavy atom. The Balaban J connectivity index is 1.80. The molecule has 0 N–H and O–H groups in total. The number of rotatable bonds is 9. The zero-order valence-electron chi connectivity index (χ0n) is 18.6. The summed E-state index contributed by atoms with van der Waals surface area (Å²) in [6.07, 6.45) is 0.574. The molecular formula is C29H27O3P. The van der Waals surface area contributed by atoms with E-state index in [2.05, 4.69) is 0 Å². The monoisotopic (exact) mass is 454 g/mol. The topological polar surface area (TPSA) is 43.4 Å². The van der Waals surface area contributed by atoms with Gasteiger partial charge in [-0.3, -0.25) is 4.79 Å². The Morgan fingerprint density at radius 1 is 0.697 bits per heavy atom. The Kier molecular flexibility index (Phi) is 7.03. The molecule has 0 radical (unpaired) electrons. The molecule has 0 aromatic heterocycles. The Morgan fingerprint density at radius 2 is 1.12 bits per heavy atom. The van der Waals surface area contributed by atoms with Crippen LogP contribution in [0.15, 0.2) is 121 Å². The van der Waals surface area contributed by atoms with E-state index in [1.165, 1.54) is 0 Å². The van der Waals surface area contributed by atoms with Crippen LogP contribution in [0.3, 0.4) is 0 Å². The predicted molar refractivity (Wildman–Crippen MR) is 135 cm³/mol. The zero-order chi connectivity index (χ0) is 23.2. The van der Waals surface area contributed by atoms with Gasteiger partial charge in [0.15, 0.2) is 11.4 Å². The molecule has 4 heteroatoms. The van der Waals surface area contributed by atoms with Gasteiger partial charge < -0.3 is 9.30 Å². The van der Waals surface area contributed by atoms with Crippen molar-refractivity contribution in [3.8, 4) is 0 Å². The fourth-order valence-corrected chi connectivity index (χ4v) is 7.04. The first-order valence-corrected chi connectivity index (χ1v) is 12.9. The molecule has 0 fully saturated rings. The zero-order valence-corrected chi connectivity index (χ0v) is 19.5. The summed E-state index contributed by atoms with van der Waals surface area (Å²) >= 11 is 0. The molecule has 3 nitrogen and oxygen atoms in total. The minimum atomic E-state index is -3.02. The number of ether oxygens (including phenoxy) is 1. The number of benzene rings is 4. The van der Waals surface area contributed by atoms with Crippen LogP contribution in [0.5, 0.6) is 0 Å². The molecule has 1 atom stereocenters. The van der Waals surface area contributed by atoms with Crippen molar-refractivity contribution in [1.29, 1.82) is 0 Å². The number of Topliss-reactive ketones (excluding diaryl/α,β-unsaturated/α-hetero) is 1. The van der Waals surface area contributed by atoms with Crippen molar-refractivity contribution in [1.82, 2.24) is 0 Å². The van der Waals surface area contributed by atoms with Gasteiger partial charge in [0.1, 0.15) is 7.14 Å². The molecule has 0 saturated heterocycles. The standard InChI is InChI=1S/C29H27O3P/c1-32-29(25-16-8-3-9-17-25,28(30)24-14-6-2-7-15-24)22-23-33(31,26-18-10-4-11-19-26)27-20-12-5-13-21-27/h2-21H,22-23H2,1H3. The van der Waals surface area contributed by atoms with Gasteiger partial charge in [-0.15, -0.1) is 0 Å². The maximum atomic E-state index is 14.6. The summed E-state index contributed by atoms with van der Waals surface area (Å²) in [4.78, 5) is 13.9. The van der Waals surface area contributed by atoms with Gasteiger partial charge in [-0.2, -0.15) is 0 Å². The van der Waals surface area contributed by atoms with Gasteiger partial charge in [0.2, 0.25) is 0 Å². The lowest BCUT2D eigenvalue weighted by Crippen LogP contribution is -2.39. The highest BCUT2D eigenvalue weighted by Crippen LogP contribution is 2.47. The largest absolute Gasteiger partial charge is 0.365 e. The van der Waals surface area contributed by atoms with Gasteiger partial charge in [0.05, 0.1) is 0 Å². The number of carbonyl (C=O) groups is 1. The second-order valence-electron chi connectivity index (χ2n) is 7.98.